The highest BCUT2D eigenvalue weighted by molar-refractivity contribution is 5.79. The van der Waals surface area contributed by atoms with Crippen LogP contribution in [-0.4, -0.2) is 56.9 Å². The summed E-state index contributed by atoms with van der Waals surface area (Å²) in [6, 6.07) is 9.88. The number of hydrogen-bond donors (Lipinski definition) is 1. The minimum Gasteiger partial charge on any atom is -0.492 e. The third-order valence-electron chi connectivity index (χ3n) is 3.60. The molecule has 122 valence electrons. The Morgan fingerprint density at radius 1 is 1.41 bits per heavy atom. The quantitative estimate of drug-likeness (QED) is 0.619. The van der Waals surface area contributed by atoms with Crippen LogP contribution in [0.3, 0.4) is 0 Å². The van der Waals surface area contributed by atoms with Gasteiger partial charge in [-0.15, -0.1) is 0 Å². The number of guanidine groups is 1. The predicted molar refractivity (Wildman–Crippen MR) is 89.5 cm³/mol. The first-order chi connectivity index (χ1) is 10.8. The number of nitrogens with one attached hydrogen (secondary N) is 1. The van der Waals surface area contributed by atoms with E-state index < -0.39 is 0 Å². The van der Waals surface area contributed by atoms with E-state index in [4.69, 9.17) is 9.47 Å². The number of rotatable bonds is 7. The molecule has 1 unspecified atom stereocenters. The molecule has 1 heterocycles. The highest BCUT2D eigenvalue weighted by Gasteiger charge is 2.15. The lowest BCUT2D eigenvalue weighted by atomic mass is 10.2. The lowest BCUT2D eigenvalue weighted by Crippen LogP contribution is -2.41. The van der Waals surface area contributed by atoms with Crippen LogP contribution >= 0.6 is 0 Å². The van der Waals surface area contributed by atoms with E-state index in [1.165, 1.54) is 0 Å². The summed E-state index contributed by atoms with van der Waals surface area (Å²) >= 11 is 0. The van der Waals surface area contributed by atoms with E-state index in [0.717, 1.165) is 50.8 Å². The number of aliphatic imine (C=N–C) groups is 1. The van der Waals surface area contributed by atoms with Gasteiger partial charge in [0.1, 0.15) is 12.4 Å². The minimum atomic E-state index is 0.280. The third-order valence-corrected chi connectivity index (χ3v) is 3.60. The molecule has 2 rings (SSSR count). The molecule has 1 fully saturated rings. The van der Waals surface area contributed by atoms with Gasteiger partial charge in [-0.3, -0.25) is 4.99 Å². The number of ether oxygens (including phenoxy) is 2. The monoisotopic (exact) mass is 305 g/mol. The fourth-order valence-corrected chi connectivity index (χ4v) is 2.37. The lowest BCUT2D eigenvalue weighted by Gasteiger charge is -2.22. The topological polar surface area (TPSA) is 46.1 Å². The number of likely N-dealkylation sites (N-methyl/N-ethyl adjacent to an activating group) is 1. The summed E-state index contributed by atoms with van der Waals surface area (Å²) in [5, 5.41) is 3.32. The Balaban J connectivity index is 1.77. The minimum absolute atomic E-state index is 0.280. The largest absolute Gasteiger partial charge is 0.492 e. The first-order valence-corrected chi connectivity index (χ1v) is 8.08. The zero-order valence-electron chi connectivity index (χ0n) is 13.6. The Kier molecular flexibility index (Phi) is 7.03. The summed E-state index contributed by atoms with van der Waals surface area (Å²) in [5.74, 6) is 1.81. The molecule has 0 saturated carbocycles. The summed E-state index contributed by atoms with van der Waals surface area (Å²) < 4.78 is 11.4. The lowest BCUT2D eigenvalue weighted by molar-refractivity contribution is 0.117. The van der Waals surface area contributed by atoms with Crippen molar-refractivity contribution in [2.75, 3.05) is 39.9 Å². The number of nitrogens with zero attached hydrogens (tertiary/aromatic N) is 2. The van der Waals surface area contributed by atoms with Gasteiger partial charge in [-0.05, 0) is 31.9 Å². The molecule has 5 heteroatoms. The maximum absolute atomic E-state index is 5.73. The van der Waals surface area contributed by atoms with Gasteiger partial charge in [0.15, 0.2) is 5.96 Å². The first-order valence-electron chi connectivity index (χ1n) is 8.08. The molecule has 1 saturated heterocycles. The van der Waals surface area contributed by atoms with Gasteiger partial charge in [-0.2, -0.15) is 0 Å². The molecule has 0 spiro atoms. The van der Waals surface area contributed by atoms with Gasteiger partial charge in [-0.1, -0.05) is 18.2 Å². The Morgan fingerprint density at radius 3 is 2.91 bits per heavy atom. The highest BCUT2D eigenvalue weighted by atomic mass is 16.5. The van der Waals surface area contributed by atoms with Gasteiger partial charge >= 0.3 is 0 Å². The van der Waals surface area contributed by atoms with Gasteiger partial charge < -0.3 is 19.7 Å². The fourth-order valence-electron chi connectivity index (χ4n) is 2.37. The molecular weight excluding hydrogens is 278 g/mol. The van der Waals surface area contributed by atoms with Crippen molar-refractivity contribution in [2.24, 2.45) is 4.99 Å². The molecule has 0 aromatic heterocycles. The summed E-state index contributed by atoms with van der Waals surface area (Å²) in [4.78, 5) is 6.77. The number of benzene rings is 1. The average Bonchev–Trinajstić information content (AvgIpc) is 3.05. The molecule has 22 heavy (non-hydrogen) atoms. The van der Waals surface area contributed by atoms with E-state index in [9.17, 15) is 0 Å². The van der Waals surface area contributed by atoms with E-state index in [0.29, 0.717) is 6.61 Å². The van der Waals surface area contributed by atoms with Crippen LogP contribution in [0.25, 0.3) is 0 Å². The molecule has 1 aliphatic rings. The van der Waals surface area contributed by atoms with Crippen LogP contribution in [0, 0.1) is 0 Å². The van der Waals surface area contributed by atoms with Crippen LogP contribution in [0.2, 0.25) is 0 Å². The molecule has 1 aromatic rings. The molecule has 5 nitrogen and oxygen atoms in total. The molecule has 0 bridgehead atoms. The maximum atomic E-state index is 5.73. The fraction of sp³-hybridized carbons (Fsp3) is 0.588. The smallest absolute Gasteiger partial charge is 0.193 e. The van der Waals surface area contributed by atoms with Crippen molar-refractivity contribution >= 4 is 5.96 Å². The first kappa shape index (κ1) is 16.6. The summed E-state index contributed by atoms with van der Waals surface area (Å²) in [7, 11) is 2.03. The van der Waals surface area contributed by atoms with Crippen molar-refractivity contribution in [3.63, 3.8) is 0 Å². The third kappa shape index (κ3) is 5.56. The van der Waals surface area contributed by atoms with Crippen molar-refractivity contribution in [1.82, 2.24) is 10.2 Å². The normalized spacial score (nSPS) is 18.3. The van der Waals surface area contributed by atoms with E-state index in [-0.39, 0.29) is 6.10 Å². The molecule has 1 aromatic carbocycles. The summed E-state index contributed by atoms with van der Waals surface area (Å²) in [5.41, 5.74) is 0. The second kappa shape index (κ2) is 9.30. The van der Waals surface area contributed by atoms with Crippen LogP contribution in [0.4, 0.5) is 0 Å². The van der Waals surface area contributed by atoms with E-state index in [2.05, 4.69) is 22.1 Å². The molecule has 0 amide bonds. The van der Waals surface area contributed by atoms with Gasteiger partial charge in [0, 0.05) is 20.2 Å². The number of para-hydroxylation sites is 1. The van der Waals surface area contributed by atoms with E-state index in [1.54, 1.807) is 0 Å². The van der Waals surface area contributed by atoms with Gasteiger partial charge in [-0.25, -0.2) is 0 Å². The molecule has 1 N–H and O–H groups in total. The second-order valence-corrected chi connectivity index (χ2v) is 5.41. The van der Waals surface area contributed by atoms with Crippen LogP contribution in [0.5, 0.6) is 5.75 Å². The summed E-state index contributed by atoms with van der Waals surface area (Å²) in [6.07, 6.45) is 2.55. The van der Waals surface area contributed by atoms with Crippen molar-refractivity contribution in [2.45, 2.75) is 25.9 Å². The van der Waals surface area contributed by atoms with E-state index in [1.807, 2.05) is 37.4 Å². The predicted octanol–water partition coefficient (Wildman–Crippen LogP) is 2.14. The highest BCUT2D eigenvalue weighted by Crippen LogP contribution is 2.12. The maximum Gasteiger partial charge on any atom is 0.193 e. The molecular formula is C17H27N3O2. The van der Waals surface area contributed by atoms with Crippen LogP contribution in [0.15, 0.2) is 35.3 Å². The van der Waals surface area contributed by atoms with Crippen molar-refractivity contribution < 1.29 is 9.47 Å². The standard InChI is InChI=1S/C17H27N3O2/c1-3-18-17(19-14-16-10-7-12-21-16)20(2)11-13-22-15-8-5-4-6-9-15/h4-6,8-9,16H,3,7,10-14H2,1-2H3,(H,18,19). The molecule has 0 radical (unpaired) electrons. The van der Waals surface area contributed by atoms with Crippen LogP contribution < -0.4 is 10.1 Å². The molecule has 1 aliphatic heterocycles. The summed E-state index contributed by atoms with van der Waals surface area (Å²) in [6.45, 7) is 5.95. The van der Waals surface area contributed by atoms with Gasteiger partial charge in [0.25, 0.3) is 0 Å². The molecule has 0 aliphatic carbocycles. The van der Waals surface area contributed by atoms with Crippen molar-refractivity contribution in [3.8, 4) is 5.75 Å². The van der Waals surface area contributed by atoms with Crippen LogP contribution in [0.1, 0.15) is 19.8 Å². The SMILES string of the molecule is CCNC(=NCC1CCCO1)N(C)CCOc1ccccc1. The second-order valence-electron chi connectivity index (χ2n) is 5.41. The Bertz CT molecular complexity index is 444. The van der Waals surface area contributed by atoms with Crippen molar-refractivity contribution in [1.29, 1.82) is 0 Å². The average molecular weight is 305 g/mol. The zero-order valence-corrected chi connectivity index (χ0v) is 13.6. The zero-order chi connectivity index (χ0) is 15.6. The Hall–Kier alpha value is -1.75. The Labute approximate surface area is 133 Å². The van der Waals surface area contributed by atoms with Crippen LogP contribution in [-0.2, 0) is 4.74 Å². The number of hydrogen-bond acceptors (Lipinski definition) is 3. The van der Waals surface area contributed by atoms with Gasteiger partial charge in [0.2, 0.25) is 0 Å². The molecule has 1 atom stereocenters. The van der Waals surface area contributed by atoms with Crippen molar-refractivity contribution in [3.05, 3.63) is 30.3 Å². The van der Waals surface area contributed by atoms with Gasteiger partial charge in [0.05, 0.1) is 19.2 Å². The van der Waals surface area contributed by atoms with E-state index >= 15 is 0 Å². The Morgan fingerprint density at radius 2 is 2.23 bits per heavy atom.